The predicted octanol–water partition coefficient (Wildman–Crippen LogP) is 2.93. The zero-order valence-corrected chi connectivity index (χ0v) is 12.2. The summed E-state index contributed by atoms with van der Waals surface area (Å²) in [6, 6.07) is 13.3. The number of hydrogen-bond acceptors (Lipinski definition) is 2. The Morgan fingerprint density at radius 1 is 1.10 bits per heavy atom. The molecule has 0 aromatic heterocycles. The molecule has 0 saturated heterocycles. The average molecular weight is 305 g/mol. The fourth-order valence-corrected chi connectivity index (χ4v) is 4.13. The Kier molecular flexibility index (Phi) is 3.78. The van der Waals surface area contributed by atoms with Crippen LogP contribution in [-0.4, -0.2) is 8.42 Å². The number of benzene rings is 2. The molecule has 2 aromatic rings. The topological polar surface area (TPSA) is 46.2 Å². The van der Waals surface area contributed by atoms with Crippen LogP contribution in [0.5, 0.6) is 0 Å². The fraction of sp³-hybridized carbons (Fsp3) is 0.250. The number of rotatable bonds is 4. The summed E-state index contributed by atoms with van der Waals surface area (Å²) < 4.78 is 40.1. The molecule has 0 amide bonds. The molecule has 5 heteroatoms. The Balaban J connectivity index is 1.74. The van der Waals surface area contributed by atoms with Gasteiger partial charge in [-0.05, 0) is 41.7 Å². The van der Waals surface area contributed by atoms with Gasteiger partial charge >= 0.3 is 0 Å². The minimum absolute atomic E-state index is 0.133. The van der Waals surface area contributed by atoms with E-state index in [4.69, 9.17) is 0 Å². The van der Waals surface area contributed by atoms with Crippen molar-refractivity contribution in [2.24, 2.45) is 0 Å². The van der Waals surface area contributed by atoms with Gasteiger partial charge in [0.2, 0.25) is 10.0 Å². The standard InChI is InChI=1S/C16H16FNO2S/c17-14-8-5-12(6-9-14)11-21(19,20)18-16-10-7-13-3-1-2-4-15(13)16/h1-6,8-9,16,18H,7,10-11H2/t16-/m0/s1. The molecule has 1 aliphatic carbocycles. The molecule has 3 nitrogen and oxygen atoms in total. The highest BCUT2D eigenvalue weighted by Crippen LogP contribution is 2.31. The molecule has 0 fully saturated rings. The van der Waals surface area contributed by atoms with E-state index in [0.29, 0.717) is 5.56 Å². The zero-order chi connectivity index (χ0) is 14.9. The van der Waals surface area contributed by atoms with Gasteiger partial charge in [-0.2, -0.15) is 0 Å². The van der Waals surface area contributed by atoms with Crippen molar-refractivity contribution in [2.75, 3.05) is 0 Å². The molecule has 21 heavy (non-hydrogen) atoms. The number of fused-ring (bicyclic) bond motifs is 1. The van der Waals surface area contributed by atoms with E-state index in [9.17, 15) is 12.8 Å². The van der Waals surface area contributed by atoms with E-state index in [1.165, 1.54) is 29.8 Å². The van der Waals surface area contributed by atoms with Gasteiger partial charge in [0.25, 0.3) is 0 Å². The predicted molar refractivity (Wildman–Crippen MR) is 79.7 cm³/mol. The molecular weight excluding hydrogens is 289 g/mol. The van der Waals surface area contributed by atoms with Crippen molar-refractivity contribution in [3.8, 4) is 0 Å². The van der Waals surface area contributed by atoms with Crippen molar-refractivity contribution in [3.63, 3.8) is 0 Å². The maximum atomic E-state index is 12.8. The third-order valence-electron chi connectivity index (χ3n) is 3.72. The Labute approximate surface area is 123 Å². The molecule has 0 aliphatic heterocycles. The van der Waals surface area contributed by atoms with E-state index < -0.39 is 10.0 Å². The first kappa shape index (κ1) is 14.2. The van der Waals surface area contributed by atoms with Gasteiger partial charge in [-0.25, -0.2) is 17.5 Å². The molecule has 1 aliphatic rings. The summed E-state index contributed by atoms with van der Waals surface area (Å²) in [5, 5.41) is 0. The summed E-state index contributed by atoms with van der Waals surface area (Å²) in [4.78, 5) is 0. The highest BCUT2D eigenvalue weighted by atomic mass is 32.2. The summed E-state index contributed by atoms with van der Waals surface area (Å²) >= 11 is 0. The number of hydrogen-bond donors (Lipinski definition) is 1. The Morgan fingerprint density at radius 3 is 2.57 bits per heavy atom. The van der Waals surface area contributed by atoms with Crippen LogP contribution in [0, 0.1) is 5.82 Å². The second kappa shape index (κ2) is 5.58. The van der Waals surface area contributed by atoms with Gasteiger partial charge in [-0.1, -0.05) is 36.4 Å². The van der Waals surface area contributed by atoms with E-state index in [2.05, 4.69) is 4.72 Å². The van der Waals surface area contributed by atoms with Crippen LogP contribution in [0.25, 0.3) is 0 Å². The van der Waals surface area contributed by atoms with Gasteiger partial charge in [0.15, 0.2) is 0 Å². The Morgan fingerprint density at radius 2 is 1.81 bits per heavy atom. The molecule has 3 rings (SSSR count). The molecule has 0 unspecified atom stereocenters. The highest BCUT2D eigenvalue weighted by Gasteiger charge is 2.26. The van der Waals surface area contributed by atoms with E-state index in [-0.39, 0.29) is 17.6 Å². The zero-order valence-electron chi connectivity index (χ0n) is 11.4. The molecule has 0 heterocycles. The lowest BCUT2D eigenvalue weighted by molar-refractivity contribution is 0.553. The maximum absolute atomic E-state index is 12.8. The Hall–Kier alpha value is -1.72. The van der Waals surface area contributed by atoms with E-state index in [0.717, 1.165) is 18.4 Å². The second-order valence-electron chi connectivity index (χ2n) is 5.29. The van der Waals surface area contributed by atoms with Crippen LogP contribution in [0.3, 0.4) is 0 Å². The lowest BCUT2D eigenvalue weighted by atomic mass is 10.1. The van der Waals surface area contributed by atoms with E-state index >= 15 is 0 Å². The third-order valence-corrected chi connectivity index (χ3v) is 5.08. The molecule has 1 atom stereocenters. The van der Waals surface area contributed by atoms with Crippen LogP contribution < -0.4 is 4.72 Å². The highest BCUT2D eigenvalue weighted by molar-refractivity contribution is 7.88. The monoisotopic (exact) mass is 305 g/mol. The number of halogens is 1. The molecule has 1 N–H and O–H groups in total. The van der Waals surface area contributed by atoms with E-state index in [1.54, 1.807) is 0 Å². The van der Waals surface area contributed by atoms with Gasteiger partial charge in [-0.15, -0.1) is 0 Å². The van der Waals surface area contributed by atoms with Crippen LogP contribution in [-0.2, 0) is 22.2 Å². The maximum Gasteiger partial charge on any atom is 0.216 e. The first-order valence-corrected chi connectivity index (χ1v) is 8.51. The van der Waals surface area contributed by atoms with Crippen LogP contribution in [0.2, 0.25) is 0 Å². The van der Waals surface area contributed by atoms with Crippen LogP contribution in [0.4, 0.5) is 4.39 Å². The van der Waals surface area contributed by atoms with Crippen molar-refractivity contribution < 1.29 is 12.8 Å². The summed E-state index contributed by atoms with van der Waals surface area (Å²) in [7, 11) is -3.45. The van der Waals surface area contributed by atoms with Crippen molar-refractivity contribution >= 4 is 10.0 Å². The number of nitrogens with one attached hydrogen (secondary N) is 1. The van der Waals surface area contributed by atoms with Gasteiger partial charge in [0.05, 0.1) is 5.75 Å². The summed E-state index contributed by atoms with van der Waals surface area (Å²) in [5.41, 5.74) is 2.84. The van der Waals surface area contributed by atoms with Gasteiger partial charge < -0.3 is 0 Å². The van der Waals surface area contributed by atoms with Crippen molar-refractivity contribution in [2.45, 2.75) is 24.6 Å². The lowest BCUT2D eigenvalue weighted by Crippen LogP contribution is -2.28. The fourth-order valence-electron chi connectivity index (χ4n) is 2.74. The molecule has 0 bridgehead atoms. The molecule has 0 spiro atoms. The molecule has 0 saturated carbocycles. The second-order valence-corrected chi connectivity index (χ2v) is 7.05. The van der Waals surface area contributed by atoms with Crippen molar-refractivity contribution in [1.82, 2.24) is 4.72 Å². The summed E-state index contributed by atoms with van der Waals surface area (Å²) in [6.45, 7) is 0. The minimum Gasteiger partial charge on any atom is -0.212 e. The van der Waals surface area contributed by atoms with Crippen LogP contribution in [0.15, 0.2) is 48.5 Å². The van der Waals surface area contributed by atoms with Gasteiger partial charge in [0, 0.05) is 6.04 Å². The number of sulfonamides is 1. The first-order chi connectivity index (χ1) is 10.0. The largest absolute Gasteiger partial charge is 0.216 e. The molecule has 2 aromatic carbocycles. The Bertz CT molecular complexity index is 741. The molecule has 0 radical (unpaired) electrons. The number of aryl methyl sites for hydroxylation is 1. The van der Waals surface area contributed by atoms with E-state index in [1.807, 2.05) is 24.3 Å². The summed E-state index contributed by atoms with van der Waals surface area (Å²) in [5.74, 6) is -0.500. The molecule has 110 valence electrons. The summed E-state index contributed by atoms with van der Waals surface area (Å²) in [6.07, 6.45) is 1.67. The van der Waals surface area contributed by atoms with Crippen LogP contribution >= 0.6 is 0 Å². The first-order valence-electron chi connectivity index (χ1n) is 6.86. The van der Waals surface area contributed by atoms with Crippen LogP contribution in [0.1, 0.15) is 29.2 Å². The van der Waals surface area contributed by atoms with Crippen molar-refractivity contribution in [3.05, 3.63) is 71.0 Å². The van der Waals surface area contributed by atoms with Gasteiger partial charge in [0.1, 0.15) is 5.82 Å². The lowest BCUT2D eigenvalue weighted by Gasteiger charge is -2.14. The normalized spacial score (nSPS) is 17.7. The average Bonchev–Trinajstić information content (AvgIpc) is 2.84. The smallest absolute Gasteiger partial charge is 0.212 e. The minimum atomic E-state index is -3.45. The van der Waals surface area contributed by atoms with Crippen molar-refractivity contribution in [1.29, 1.82) is 0 Å². The quantitative estimate of drug-likeness (QED) is 0.944. The third kappa shape index (κ3) is 3.31. The SMILES string of the molecule is O=S(=O)(Cc1ccc(F)cc1)N[C@H]1CCc2ccccc21. The molecular formula is C16H16FNO2S. The van der Waals surface area contributed by atoms with Gasteiger partial charge in [-0.3, -0.25) is 0 Å².